The highest BCUT2D eigenvalue weighted by Gasteiger charge is 2.10. The van der Waals surface area contributed by atoms with Gasteiger partial charge in [-0.2, -0.15) is 0 Å². The van der Waals surface area contributed by atoms with Gasteiger partial charge in [-0.1, -0.05) is 46.9 Å². The Balaban J connectivity index is 2.70. The van der Waals surface area contributed by atoms with E-state index in [1.807, 2.05) is 18.2 Å². The molecule has 0 saturated heterocycles. The van der Waals surface area contributed by atoms with Crippen LogP contribution >= 0.6 is 27.5 Å². The van der Waals surface area contributed by atoms with Crippen molar-refractivity contribution >= 4 is 27.5 Å². The fourth-order valence-electron chi connectivity index (χ4n) is 1.66. The van der Waals surface area contributed by atoms with Gasteiger partial charge in [0.05, 0.1) is 0 Å². The van der Waals surface area contributed by atoms with Gasteiger partial charge in [0.2, 0.25) is 0 Å². The first kappa shape index (κ1) is 13.0. The van der Waals surface area contributed by atoms with Crippen molar-refractivity contribution in [2.75, 3.05) is 6.61 Å². The van der Waals surface area contributed by atoms with E-state index in [1.165, 1.54) is 0 Å². The Kier molecular flexibility index (Phi) is 5.65. The van der Waals surface area contributed by atoms with Crippen molar-refractivity contribution in [3.8, 4) is 0 Å². The summed E-state index contributed by atoms with van der Waals surface area (Å²) in [6.45, 7) is 2.37. The van der Waals surface area contributed by atoms with Crippen LogP contribution in [-0.4, -0.2) is 11.7 Å². The minimum absolute atomic E-state index is 0.236. The van der Waals surface area contributed by atoms with Gasteiger partial charge in [0.1, 0.15) is 0 Å². The third-order valence-electron chi connectivity index (χ3n) is 2.48. The standard InChI is InChI=1S/C12H16BrClO/c1-2-3-9(8-15)6-10-4-5-11(13)7-12(10)14/h4-5,7,9,15H,2-3,6,8H2,1H3. The van der Waals surface area contributed by atoms with E-state index in [0.29, 0.717) is 5.92 Å². The monoisotopic (exact) mass is 290 g/mol. The van der Waals surface area contributed by atoms with Crippen molar-refractivity contribution in [1.82, 2.24) is 0 Å². The fraction of sp³-hybridized carbons (Fsp3) is 0.500. The summed E-state index contributed by atoms with van der Waals surface area (Å²) >= 11 is 9.50. The number of aliphatic hydroxyl groups is 1. The van der Waals surface area contributed by atoms with Crippen molar-refractivity contribution in [2.45, 2.75) is 26.2 Å². The quantitative estimate of drug-likeness (QED) is 0.867. The van der Waals surface area contributed by atoms with Crippen LogP contribution in [0.2, 0.25) is 5.02 Å². The molecule has 1 unspecified atom stereocenters. The molecule has 1 aromatic carbocycles. The molecule has 0 fully saturated rings. The molecule has 0 saturated carbocycles. The van der Waals surface area contributed by atoms with Gasteiger partial charge in [0, 0.05) is 16.1 Å². The van der Waals surface area contributed by atoms with Crippen LogP contribution in [0.4, 0.5) is 0 Å². The molecule has 0 spiro atoms. The van der Waals surface area contributed by atoms with Crippen LogP contribution < -0.4 is 0 Å². The predicted octanol–water partition coefficient (Wildman–Crippen LogP) is 4.05. The number of rotatable bonds is 5. The second kappa shape index (κ2) is 6.51. The molecule has 15 heavy (non-hydrogen) atoms. The van der Waals surface area contributed by atoms with Gasteiger partial charge >= 0.3 is 0 Å². The van der Waals surface area contributed by atoms with E-state index < -0.39 is 0 Å². The van der Waals surface area contributed by atoms with Crippen LogP contribution in [-0.2, 0) is 6.42 Å². The summed E-state index contributed by atoms with van der Waals surface area (Å²) in [5, 5.41) is 9.99. The van der Waals surface area contributed by atoms with Crippen LogP contribution in [0.1, 0.15) is 25.3 Å². The largest absolute Gasteiger partial charge is 0.396 e. The van der Waals surface area contributed by atoms with E-state index in [2.05, 4.69) is 22.9 Å². The first-order valence-electron chi connectivity index (χ1n) is 5.22. The molecular formula is C12H16BrClO. The van der Waals surface area contributed by atoms with Crippen LogP contribution in [0, 0.1) is 5.92 Å². The number of halogens is 2. The summed E-state index contributed by atoms with van der Waals surface area (Å²) in [7, 11) is 0. The molecule has 1 aromatic rings. The van der Waals surface area contributed by atoms with Crippen molar-refractivity contribution < 1.29 is 5.11 Å². The minimum Gasteiger partial charge on any atom is -0.396 e. The zero-order valence-corrected chi connectivity index (χ0v) is 11.2. The van der Waals surface area contributed by atoms with E-state index in [-0.39, 0.29) is 6.61 Å². The van der Waals surface area contributed by atoms with Crippen molar-refractivity contribution in [1.29, 1.82) is 0 Å². The van der Waals surface area contributed by atoms with Gasteiger partial charge in [0.15, 0.2) is 0 Å². The highest BCUT2D eigenvalue weighted by molar-refractivity contribution is 9.10. The summed E-state index contributed by atoms with van der Waals surface area (Å²) < 4.78 is 0.993. The predicted molar refractivity (Wildman–Crippen MR) is 68.3 cm³/mol. The third kappa shape index (κ3) is 4.13. The van der Waals surface area contributed by atoms with Crippen LogP contribution in [0.3, 0.4) is 0 Å². The smallest absolute Gasteiger partial charge is 0.0462 e. The average Bonchev–Trinajstić information content (AvgIpc) is 2.21. The van der Waals surface area contributed by atoms with Gasteiger partial charge in [-0.15, -0.1) is 0 Å². The van der Waals surface area contributed by atoms with Crippen LogP contribution in [0.15, 0.2) is 22.7 Å². The normalized spacial score (nSPS) is 12.8. The van der Waals surface area contributed by atoms with Crippen LogP contribution in [0.25, 0.3) is 0 Å². The van der Waals surface area contributed by atoms with E-state index in [0.717, 1.165) is 34.3 Å². The number of aliphatic hydroxyl groups excluding tert-OH is 1. The molecule has 1 nitrogen and oxygen atoms in total. The Morgan fingerprint density at radius 1 is 1.47 bits per heavy atom. The SMILES string of the molecule is CCCC(CO)Cc1ccc(Br)cc1Cl. The van der Waals surface area contributed by atoms with E-state index in [1.54, 1.807) is 0 Å². The molecule has 0 aliphatic heterocycles. The topological polar surface area (TPSA) is 20.2 Å². The Bertz CT molecular complexity index is 314. The lowest BCUT2D eigenvalue weighted by molar-refractivity contribution is 0.217. The first-order chi connectivity index (χ1) is 7.17. The Labute approximate surface area is 105 Å². The molecule has 0 aliphatic carbocycles. The first-order valence-corrected chi connectivity index (χ1v) is 6.39. The molecule has 1 atom stereocenters. The van der Waals surface area contributed by atoms with Crippen LogP contribution in [0.5, 0.6) is 0 Å². The molecule has 0 heterocycles. The number of hydrogen-bond acceptors (Lipinski definition) is 1. The lowest BCUT2D eigenvalue weighted by Crippen LogP contribution is -2.09. The van der Waals surface area contributed by atoms with Gasteiger partial charge < -0.3 is 5.11 Å². The summed E-state index contributed by atoms with van der Waals surface area (Å²) in [4.78, 5) is 0. The fourth-order valence-corrected chi connectivity index (χ4v) is 2.41. The second-order valence-corrected chi connectivity index (χ2v) is 5.10. The minimum atomic E-state index is 0.236. The Hall–Kier alpha value is -0.0500. The zero-order valence-electron chi connectivity index (χ0n) is 8.84. The molecule has 84 valence electrons. The Morgan fingerprint density at radius 3 is 2.73 bits per heavy atom. The van der Waals surface area contributed by atoms with Gasteiger partial charge in [-0.3, -0.25) is 0 Å². The molecule has 1 rings (SSSR count). The number of benzene rings is 1. The molecule has 0 amide bonds. The van der Waals surface area contributed by atoms with E-state index in [9.17, 15) is 5.11 Å². The maximum atomic E-state index is 9.21. The molecule has 3 heteroatoms. The molecule has 0 radical (unpaired) electrons. The number of hydrogen-bond donors (Lipinski definition) is 1. The average molecular weight is 292 g/mol. The summed E-state index contributed by atoms with van der Waals surface area (Å²) in [6, 6.07) is 5.91. The van der Waals surface area contributed by atoms with E-state index >= 15 is 0 Å². The zero-order chi connectivity index (χ0) is 11.3. The van der Waals surface area contributed by atoms with Gasteiger partial charge in [-0.05, 0) is 36.5 Å². The highest BCUT2D eigenvalue weighted by atomic mass is 79.9. The van der Waals surface area contributed by atoms with Gasteiger partial charge in [0.25, 0.3) is 0 Å². The second-order valence-electron chi connectivity index (χ2n) is 3.78. The lowest BCUT2D eigenvalue weighted by Gasteiger charge is -2.14. The summed E-state index contributed by atoms with van der Waals surface area (Å²) in [6.07, 6.45) is 3.00. The lowest BCUT2D eigenvalue weighted by atomic mass is 9.96. The Morgan fingerprint density at radius 2 is 2.20 bits per heavy atom. The highest BCUT2D eigenvalue weighted by Crippen LogP contribution is 2.24. The molecular weight excluding hydrogens is 275 g/mol. The maximum Gasteiger partial charge on any atom is 0.0462 e. The summed E-state index contributed by atoms with van der Waals surface area (Å²) in [5.41, 5.74) is 1.12. The van der Waals surface area contributed by atoms with E-state index in [4.69, 9.17) is 11.6 Å². The molecule has 0 bridgehead atoms. The maximum absolute atomic E-state index is 9.21. The third-order valence-corrected chi connectivity index (χ3v) is 3.32. The van der Waals surface area contributed by atoms with Crippen molar-refractivity contribution in [2.24, 2.45) is 5.92 Å². The van der Waals surface area contributed by atoms with Crippen molar-refractivity contribution in [3.05, 3.63) is 33.3 Å². The molecule has 1 N–H and O–H groups in total. The summed E-state index contributed by atoms with van der Waals surface area (Å²) in [5.74, 6) is 0.327. The molecule has 0 aromatic heterocycles. The van der Waals surface area contributed by atoms with Gasteiger partial charge in [-0.25, -0.2) is 0 Å². The molecule has 0 aliphatic rings. The van der Waals surface area contributed by atoms with Crippen molar-refractivity contribution in [3.63, 3.8) is 0 Å².